The lowest BCUT2D eigenvalue weighted by molar-refractivity contribution is 1.66. The zero-order valence-electron chi connectivity index (χ0n) is 13.0. The molecule has 0 saturated heterocycles. The van der Waals surface area contributed by atoms with Crippen LogP contribution in [-0.4, -0.2) is 6.16 Å². The van der Waals surface area contributed by atoms with Crippen LogP contribution in [0.3, 0.4) is 0 Å². The van der Waals surface area contributed by atoms with Crippen molar-refractivity contribution in [2.45, 2.75) is 0 Å². The van der Waals surface area contributed by atoms with E-state index in [1.807, 2.05) is 0 Å². The number of halogens is 1. The van der Waals surface area contributed by atoms with Crippen molar-refractivity contribution >= 4 is 35.6 Å². The highest BCUT2D eigenvalue weighted by Gasteiger charge is 2.43. The van der Waals surface area contributed by atoms with Crippen LogP contribution < -0.4 is 15.9 Å². The van der Waals surface area contributed by atoms with Crippen molar-refractivity contribution in [2.24, 2.45) is 0 Å². The summed E-state index contributed by atoms with van der Waals surface area (Å²) in [6.45, 7) is 4.05. The molecule has 0 aliphatic heterocycles. The fourth-order valence-electron chi connectivity index (χ4n) is 3.00. The molecular formula is C21H21ClP+. The van der Waals surface area contributed by atoms with Gasteiger partial charge in [-0.3, -0.25) is 0 Å². The first-order valence-corrected chi connectivity index (χ1v) is 9.51. The lowest BCUT2D eigenvalue weighted by Gasteiger charge is -2.26. The third kappa shape index (κ3) is 3.39. The number of benzene rings is 3. The van der Waals surface area contributed by atoms with Gasteiger partial charge < -0.3 is 0 Å². The monoisotopic (exact) mass is 339 g/mol. The SMILES string of the molecule is C=CC[P+](c1ccccc1)(c1ccccc1)c1ccccc1.Cl. The first-order valence-electron chi connectivity index (χ1n) is 7.54. The molecule has 0 unspecified atom stereocenters. The minimum atomic E-state index is -1.67. The fraction of sp³-hybridized carbons (Fsp3) is 0.0476. The smallest absolute Gasteiger partial charge is 0.115 e. The van der Waals surface area contributed by atoms with E-state index in [-0.39, 0.29) is 12.4 Å². The minimum absolute atomic E-state index is 0. The van der Waals surface area contributed by atoms with E-state index in [4.69, 9.17) is 0 Å². The largest absolute Gasteiger partial charge is 0.147 e. The van der Waals surface area contributed by atoms with E-state index in [0.717, 1.165) is 6.16 Å². The zero-order chi connectivity index (χ0) is 15.3. The lowest BCUT2D eigenvalue weighted by Crippen LogP contribution is -2.32. The summed E-state index contributed by atoms with van der Waals surface area (Å²) in [4.78, 5) is 0. The van der Waals surface area contributed by atoms with E-state index in [0.29, 0.717) is 0 Å². The van der Waals surface area contributed by atoms with Crippen molar-refractivity contribution in [1.29, 1.82) is 0 Å². The molecule has 0 fully saturated rings. The number of rotatable bonds is 5. The molecule has 0 radical (unpaired) electrons. The van der Waals surface area contributed by atoms with Crippen LogP contribution in [0.1, 0.15) is 0 Å². The average Bonchev–Trinajstić information content (AvgIpc) is 2.62. The van der Waals surface area contributed by atoms with Crippen molar-refractivity contribution in [3.63, 3.8) is 0 Å². The Morgan fingerprint density at radius 1 is 0.609 bits per heavy atom. The molecule has 0 saturated carbocycles. The first kappa shape index (κ1) is 17.5. The fourth-order valence-corrected chi connectivity index (χ4v) is 6.96. The maximum Gasteiger partial charge on any atom is 0.115 e. The van der Waals surface area contributed by atoms with Crippen LogP contribution >= 0.6 is 19.7 Å². The third-order valence-corrected chi connectivity index (χ3v) is 8.34. The molecule has 0 nitrogen and oxygen atoms in total. The summed E-state index contributed by atoms with van der Waals surface area (Å²) in [6.07, 6.45) is 3.05. The molecule has 2 heteroatoms. The van der Waals surface area contributed by atoms with Crippen LogP contribution in [0.4, 0.5) is 0 Å². The van der Waals surface area contributed by atoms with Gasteiger partial charge in [-0.05, 0) is 36.4 Å². The van der Waals surface area contributed by atoms with E-state index in [1.54, 1.807) is 0 Å². The lowest BCUT2D eigenvalue weighted by atomic mass is 10.4. The van der Waals surface area contributed by atoms with Crippen molar-refractivity contribution in [3.8, 4) is 0 Å². The molecule has 116 valence electrons. The predicted molar refractivity (Wildman–Crippen MR) is 107 cm³/mol. The molecule has 0 spiro atoms. The topological polar surface area (TPSA) is 0 Å². The Morgan fingerprint density at radius 3 is 1.17 bits per heavy atom. The highest BCUT2D eigenvalue weighted by molar-refractivity contribution is 7.95. The van der Waals surface area contributed by atoms with Gasteiger partial charge in [-0.15, -0.1) is 12.4 Å². The minimum Gasteiger partial charge on any atom is -0.147 e. The quantitative estimate of drug-likeness (QED) is 0.471. The van der Waals surface area contributed by atoms with Gasteiger partial charge in [0.2, 0.25) is 0 Å². The van der Waals surface area contributed by atoms with Crippen LogP contribution in [0, 0.1) is 0 Å². The molecule has 3 aromatic carbocycles. The van der Waals surface area contributed by atoms with Gasteiger partial charge in [0.15, 0.2) is 0 Å². The highest BCUT2D eigenvalue weighted by atomic mass is 35.5. The van der Waals surface area contributed by atoms with Gasteiger partial charge in [0.25, 0.3) is 0 Å². The van der Waals surface area contributed by atoms with E-state index in [2.05, 4.69) is 104 Å². The molecule has 0 aliphatic rings. The van der Waals surface area contributed by atoms with Crippen molar-refractivity contribution in [2.75, 3.05) is 6.16 Å². The van der Waals surface area contributed by atoms with Crippen LogP contribution in [-0.2, 0) is 0 Å². The Bertz CT molecular complexity index is 627. The maximum absolute atomic E-state index is 4.05. The molecule has 0 aliphatic carbocycles. The van der Waals surface area contributed by atoms with Gasteiger partial charge in [-0.25, -0.2) is 0 Å². The van der Waals surface area contributed by atoms with Crippen LogP contribution in [0.2, 0.25) is 0 Å². The molecular weight excluding hydrogens is 319 g/mol. The van der Waals surface area contributed by atoms with Gasteiger partial charge in [-0.1, -0.05) is 67.3 Å². The molecule has 0 bridgehead atoms. The van der Waals surface area contributed by atoms with E-state index >= 15 is 0 Å². The number of hydrogen-bond donors (Lipinski definition) is 0. The summed E-state index contributed by atoms with van der Waals surface area (Å²) in [5.41, 5.74) is 0. The summed E-state index contributed by atoms with van der Waals surface area (Å²) < 4.78 is 0. The van der Waals surface area contributed by atoms with Gasteiger partial charge in [0.1, 0.15) is 23.2 Å². The summed E-state index contributed by atoms with van der Waals surface area (Å²) in [5.74, 6) is 0. The average molecular weight is 340 g/mol. The maximum atomic E-state index is 4.05. The Kier molecular flexibility index (Phi) is 6.16. The second-order valence-electron chi connectivity index (χ2n) is 5.29. The standard InChI is InChI=1S/C21H20P.ClH/c1-2-18-22(19-12-6-3-7-13-19,20-14-8-4-9-15-20)21-16-10-5-11-17-21;/h2-17H,1,18H2;1H/q+1;. The zero-order valence-corrected chi connectivity index (χ0v) is 14.7. The Morgan fingerprint density at radius 2 is 0.913 bits per heavy atom. The molecule has 3 aromatic rings. The van der Waals surface area contributed by atoms with Crippen molar-refractivity contribution in [1.82, 2.24) is 0 Å². The van der Waals surface area contributed by atoms with Gasteiger partial charge >= 0.3 is 0 Å². The van der Waals surface area contributed by atoms with Gasteiger partial charge in [-0.2, -0.15) is 0 Å². The molecule has 0 heterocycles. The summed E-state index contributed by atoms with van der Waals surface area (Å²) in [6, 6.07) is 32.7. The molecule has 0 amide bonds. The van der Waals surface area contributed by atoms with E-state index in [9.17, 15) is 0 Å². The molecule has 0 aromatic heterocycles. The summed E-state index contributed by atoms with van der Waals surface area (Å²) in [7, 11) is -1.67. The molecule has 3 rings (SSSR count). The Hall–Kier alpha value is -1.88. The van der Waals surface area contributed by atoms with Gasteiger partial charge in [0.05, 0.1) is 6.16 Å². The van der Waals surface area contributed by atoms with E-state index < -0.39 is 7.26 Å². The first-order chi connectivity index (χ1) is 10.9. The second kappa shape index (κ2) is 8.11. The predicted octanol–water partition coefficient (Wildman–Crippen LogP) is 4.59. The van der Waals surface area contributed by atoms with Crippen LogP contribution in [0.5, 0.6) is 0 Å². The highest BCUT2D eigenvalue weighted by Crippen LogP contribution is 2.55. The second-order valence-corrected chi connectivity index (χ2v) is 8.82. The Labute approximate surface area is 145 Å². The third-order valence-electron chi connectivity index (χ3n) is 3.99. The van der Waals surface area contributed by atoms with Crippen molar-refractivity contribution in [3.05, 3.63) is 104 Å². The normalized spacial score (nSPS) is 10.6. The van der Waals surface area contributed by atoms with Crippen LogP contribution in [0.15, 0.2) is 104 Å². The van der Waals surface area contributed by atoms with Crippen molar-refractivity contribution < 1.29 is 0 Å². The summed E-state index contributed by atoms with van der Waals surface area (Å²) >= 11 is 0. The number of allylic oxidation sites excluding steroid dienone is 1. The summed E-state index contributed by atoms with van der Waals surface area (Å²) in [5, 5.41) is 4.23. The van der Waals surface area contributed by atoms with E-state index in [1.165, 1.54) is 15.9 Å². The van der Waals surface area contributed by atoms with Gasteiger partial charge in [0, 0.05) is 0 Å². The molecule has 0 atom stereocenters. The number of hydrogen-bond acceptors (Lipinski definition) is 0. The Balaban J connectivity index is 0.00000192. The molecule has 23 heavy (non-hydrogen) atoms. The molecule has 0 N–H and O–H groups in total. The van der Waals surface area contributed by atoms with Crippen LogP contribution in [0.25, 0.3) is 0 Å².